The van der Waals surface area contributed by atoms with Gasteiger partial charge in [-0.05, 0) is 6.42 Å². The molecule has 0 amide bonds. The third kappa shape index (κ3) is 2.96. The number of anilines is 2. The Balaban J connectivity index is 2.90. The molecule has 0 saturated carbocycles. The van der Waals surface area contributed by atoms with Gasteiger partial charge in [0.15, 0.2) is 11.0 Å². The normalized spacial score (nSPS) is 9.67. The number of nitrogens with zero attached hydrogens (tertiary/aromatic N) is 3. The quantitative estimate of drug-likeness (QED) is 0.603. The summed E-state index contributed by atoms with van der Waals surface area (Å²) >= 11 is 5.75. The van der Waals surface area contributed by atoms with E-state index < -0.39 is 0 Å². The number of nitrogens with two attached hydrogens (primary N) is 1. The van der Waals surface area contributed by atoms with Crippen LogP contribution in [-0.4, -0.2) is 16.5 Å². The summed E-state index contributed by atoms with van der Waals surface area (Å²) in [5.41, 5.74) is 5.67. The van der Waals surface area contributed by atoms with Crippen LogP contribution in [0.2, 0.25) is 5.15 Å². The maximum Gasteiger partial charge on any atom is 0.223 e. The van der Waals surface area contributed by atoms with Gasteiger partial charge in [0, 0.05) is 6.54 Å². The fourth-order valence-corrected chi connectivity index (χ4v) is 1.28. The minimum atomic E-state index is 0.0676. The molecule has 0 bridgehead atoms. The lowest BCUT2D eigenvalue weighted by Crippen LogP contribution is -2.08. The average Bonchev–Trinajstić information content (AvgIpc) is 2.17. The Morgan fingerprint density at radius 2 is 2.27 bits per heavy atom. The van der Waals surface area contributed by atoms with Gasteiger partial charge in [-0.2, -0.15) is 15.2 Å². The molecule has 1 aromatic heterocycles. The zero-order chi connectivity index (χ0) is 11.3. The van der Waals surface area contributed by atoms with Crippen molar-refractivity contribution in [3.63, 3.8) is 0 Å². The second kappa shape index (κ2) is 5.37. The molecule has 15 heavy (non-hydrogen) atoms. The minimum Gasteiger partial charge on any atom is -0.369 e. The monoisotopic (exact) mass is 225 g/mol. The summed E-state index contributed by atoms with van der Waals surface area (Å²) in [5.74, 6) is 0.474. The van der Waals surface area contributed by atoms with Gasteiger partial charge in [0.1, 0.15) is 11.6 Å². The average molecular weight is 226 g/mol. The molecule has 0 spiro atoms. The first-order valence-corrected chi connectivity index (χ1v) is 5.03. The molecule has 0 fully saturated rings. The SMILES string of the molecule is CCCCNc1nc(N)nc(Cl)c1C#N. The molecule has 1 rings (SSSR count). The number of halogens is 1. The van der Waals surface area contributed by atoms with Crippen LogP contribution >= 0.6 is 11.6 Å². The first kappa shape index (κ1) is 11.5. The molecule has 5 nitrogen and oxygen atoms in total. The molecule has 6 heteroatoms. The van der Waals surface area contributed by atoms with Crippen LogP contribution in [0.4, 0.5) is 11.8 Å². The predicted molar refractivity (Wildman–Crippen MR) is 59.6 cm³/mol. The lowest BCUT2D eigenvalue weighted by Gasteiger charge is -2.07. The van der Waals surface area contributed by atoms with Crippen LogP contribution < -0.4 is 11.1 Å². The third-order valence-corrected chi connectivity index (χ3v) is 2.09. The molecule has 0 aliphatic carbocycles. The molecule has 80 valence electrons. The first-order valence-electron chi connectivity index (χ1n) is 4.66. The van der Waals surface area contributed by atoms with Crippen molar-refractivity contribution in [2.45, 2.75) is 19.8 Å². The van der Waals surface area contributed by atoms with Crippen LogP contribution in [0.25, 0.3) is 0 Å². The van der Waals surface area contributed by atoms with Gasteiger partial charge in [0.05, 0.1) is 0 Å². The number of nitrogen functional groups attached to an aromatic ring is 1. The van der Waals surface area contributed by atoms with Crippen molar-refractivity contribution in [3.05, 3.63) is 10.7 Å². The molecule has 3 N–H and O–H groups in total. The summed E-state index contributed by atoms with van der Waals surface area (Å²) in [6, 6.07) is 1.94. The molecule has 0 aromatic carbocycles. The molecule has 0 unspecified atom stereocenters. The van der Waals surface area contributed by atoms with E-state index in [1.54, 1.807) is 0 Å². The van der Waals surface area contributed by atoms with E-state index in [4.69, 9.17) is 22.6 Å². The van der Waals surface area contributed by atoms with Crippen molar-refractivity contribution in [1.29, 1.82) is 5.26 Å². The van der Waals surface area contributed by atoms with Gasteiger partial charge in [-0.1, -0.05) is 24.9 Å². The molecule has 0 saturated heterocycles. The van der Waals surface area contributed by atoms with Crippen molar-refractivity contribution in [2.24, 2.45) is 0 Å². The highest BCUT2D eigenvalue weighted by atomic mass is 35.5. The van der Waals surface area contributed by atoms with E-state index in [0.29, 0.717) is 5.82 Å². The van der Waals surface area contributed by atoms with Gasteiger partial charge in [0.2, 0.25) is 5.95 Å². The summed E-state index contributed by atoms with van der Waals surface area (Å²) in [7, 11) is 0. The molecule has 0 aliphatic rings. The highest BCUT2D eigenvalue weighted by Crippen LogP contribution is 2.20. The highest BCUT2D eigenvalue weighted by Gasteiger charge is 2.10. The van der Waals surface area contributed by atoms with Crippen molar-refractivity contribution < 1.29 is 0 Å². The Morgan fingerprint density at radius 1 is 1.53 bits per heavy atom. The maximum absolute atomic E-state index is 8.85. The predicted octanol–water partition coefficient (Wildman–Crippen LogP) is 1.80. The first-order chi connectivity index (χ1) is 7.19. The largest absolute Gasteiger partial charge is 0.369 e. The summed E-state index contributed by atoms with van der Waals surface area (Å²) in [6.45, 7) is 2.81. The van der Waals surface area contributed by atoms with Crippen molar-refractivity contribution in [3.8, 4) is 6.07 Å². The molecular formula is C9H12ClN5. The number of unbranched alkanes of at least 4 members (excludes halogenated alkanes) is 1. The number of hydrogen-bond donors (Lipinski definition) is 2. The third-order valence-electron chi connectivity index (χ3n) is 1.82. The smallest absolute Gasteiger partial charge is 0.223 e. The van der Waals surface area contributed by atoms with E-state index >= 15 is 0 Å². The van der Waals surface area contributed by atoms with E-state index in [-0.39, 0.29) is 16.7 Å². The summed E-state index contributed by atoms with van der Waals surface area (Å²) < 4.78 is 0. The zero-order valence-electron chi connectivity index (χ0n) is 8.42. The van der Waals surface area contributed by atoms with Crippen molar-refractivity contribution in [1.82, 2.24) is 9.97 Å². The fourth-order valence-electron chi connectivity index (χ4n) is 1.06. The van der Waals surface area contributed by atoms with E-state index in [2.05, 4.69) is 22.2 Å². The number of aromatic nitrogens is 2. The van der Waals surface area contributed by atoms with Gasteiger partial charge in [-0.3, -0.25) is 0 Å². The zero-order valence-corrected chi connectivity index (χ0v) is 9.17. The topological polar surface area (TPSA) is 87.6 Å². The van der Waals surface area contributed by atoms with Crippen LogP contribution in [0.15, 0.2) is 0 Å². The summed E-state index contributed by atoms with van der Waals surface area (Å²) in [4.78, 5) is 7.63. The van der Waals surface area contributed by atoms with Crippen molar-refractivity contribution >= 4 is 23.4 Å². The standard InChI is InChI=1S/C9H12ClN5/c1-2-3-4-13-8-6(5-11)7(10)14-9(12)15-8/h2-4H2,1H3,(H3,12,13,14,15). The maximum atomic E-state index is 8.85. The van der Waals surface area contributed by atoms with E-state index in [1.807, 2.05) is 6.07 Å². The number of nitrogens with one attached hydrogen (secondary N) is 1. The van der Waals surface area contributed by atoms with Crippen LogP contribution in [0.3, 0.4) is 0 Å². The van der Waals surface area contributed by atoms with Crippen molar-refractivity contribution in [2.75, 3.05) is 17.6 Å². The summed E-state index contributed by atoms with van der Waals surface area (Å²) in [5, 5.41) is 11.9. The van der Waals surface area contributed by atoms with E-state index in [0.717, 1.165) is 19.4 Å². The minimum absolute atomic E-state index is 0.0676. The highest BCUT2D eigenvalue weighted by molar-refractivity contribution is 6.31. The molecular weight excluding hydrogens is 214 g/mol. The van der Waals surface area contributed by atoms with Gasteiger partial charge >= 0.3 is 0 Å². The van der Waals surface area contributed by atoms with Gasteiger partial charge in [-0.15, -0.1) is 0 Å². The van der Waals surface area contributed by atoms with Crippen LogP contribution in [0, 0.1) is 11.3 Å². The lowest BCUT2D eigenvalue weighted by atomic mass is 10.3. The van der Waals surface area contributed by atoms with E-state index in [9.17, 15) is 0 Å². The Hall–Kier alpha value is -1.54. The van der Waals surface area contributed by atoms with Crippen LogP contribution in [-0.2, 0) is 0 Å². The van der Waals surface area contributed by atoms with Crippen LogP contribution in [0.5, 0.6) is 0 Å². The summed E-state index contributed by atoms with van der Waals surface area (Å²) in [6.07, 6.45) is 2.05. The molecule has 1 heterocycles. The number of rotatable bonds is 4. The van der Waals surface area contributed by atoms with Crippen LogP contribution in [0.1, 0.15) is 25.3 Å². The molecule has 0 aliphatic heterocycles. The Bertz CT molecular complexity index is 385. The lowest BCUT2D eigenvalue weighted by molar-refractivity contribution is 0.830. The molecule has 0 radical (unpaired) electrons. The van der Waals surface area contributed by atoms with E-state index in [1.165, 1.54) is 0 Å². The Labute approximate surface area is 93.3 Å². The Morgan fingerprint density at radius 3 is 2.87 bits per heavy atom. The second-order valence-electron chi connectivity index (χ2n) is 2.99. The molecule has 0 atom stereocenters. The molecule has 1 aromatic rings. The number of hydrogen-bond acceptors (Lipinski definition) is 5. The van der Waals surface area contributed by atoms with Gasteiger partial charge in [0.25, 0.3) is 0 Å². The van der Waals surface area contributed by atoms with Gasteiger partial charge < -0.3 is 11.1 Å². The number of nitriles is 1. The Kier molecular flexibility index (Phi) is 4.13. The fraction of sp³-hybridized carbons (Fsp3) is 0.444. The second-order valence-corrected chi connectivity index (χ2v) is 3.35. The van der Waals surface area contributed by atoms with Gasteiger partial charge in [-0.25, -0.2) is 0 Å².